The first-order valence-electron chi connectivity index (χ1n) is 5.34. The lowest BCUT2D eigenvalue weighted by Gasteiger charge is -2.15. The maximum absolute atomic E-state index is 13.0. The molecule has 1 N–H and O–H groups in total. The van der Waals surface area contributed by atoms with Crippen LogP contribution in [0, 0.1) is 17.1 Å². The van der Waals surface area contributed by atoms with Crippen molar-refractivity contribution in [3.05, 3.63) is 29.6 Å². The van der Waals surface area contributed by atoms with Gasteiger partial charge in [-0.3, -0.25) is 19.3 Å². The van der Waals surface area contributed by atoms with Crippen LogP contribution in [-0.2, 0) is 9.59 Å². The minimum absolute atomic E-state index is 0.0573. The minimum Gasteiger partial charge on any atom is -0.341 e. The topological polar surface area (TPSA) is 90.3 Å². The minimum atomic E-state index is -0.882. The number of carbonyl (C=O) groups is 3. The number of anilines is 1. The van der Waals surface area contributed by atoms with Crippen LogP contribution in [0.15, 0.2) is 18.2 Å². The summed E-state index contributed by atoms with van der Waals surface area (Å²) in [5.74, 6) is -2.93. The summed E-state index contributed by atoms with van der Waals surface area (Å²) in [6, 6.07) is 5.05. The van der Waals surface area contributed by atoms with E-state index in [2.05, 4.69) is 5.32 Å². The van der Waals surface area contributed by atoms with Crippen molar-refractivity contribution in [2.24, 2.45) is 0 Å². The van der Waals surface area contributed by atoms with E-state index in [4.69, 9.17) is 5.26 Å². The zero-order valence-electron chi connectivity index (χ0n) is 9.64. The number of nitriles is 1. The number of ketones is 1. The number of nitrogens with one attached hydrogen (secondary N) is 1. The highest BCUT2D eigenvalue weighted by atomic mass is 19.1. The van der Waals surface area contributed by atoms with Crippen molar-refractivity contribution in [2.45, 2.75) is 0 Å². The van der Waals surface area contributed by atoms with Crippen LogP contribution in [0.4, 0.5) is 10.1 Å². The van der Waals surface area contributed by atoms with Crippen LogP contribution >= 0.6 is 0 Å². The smallest absolute Gasteiger partial charge is 0.299 e. The predicted octanol–water partition coefficient (Wildman–Crippen LogP) is -0.00522. The summed E-state index contributed by atoms with van der Waals surface area (Å²) in [5, 5.41) is 10.6. The molecule has 0 unspecified atom stereocenters. The molecular weight excluding hydrogens is 253 g/mol. The van der Waals surface area contributed by atoms with Crippen LogP contribution in [0.2, 0.25) is 0 Å². The predicted molar refractivity (Wildman–Crippen MR) is 61.7 cm³/mol. The lowest BCUT2D eigenvalue weighted by Crippen LogP contribution is -2.40. The molecule has 0 radical (unpaired) electrons. The number of hydrogen-bond acceptors (Lipinski definition) is 4. The third-order valence-corrected chi connectivity index (χ3v) is 2.60. The van der Waals surface area contributed by atoms with Crippen molar-refractivity contribution in [1.82, 2.24) is 5.32 Å². The first-order valence-corrected chi connectivity index (χ1v) is 5.34. The van der Waals surface area contributed by atoms with E-state index in [1.807, 2.05) is 0 Å². The van der Waals surface area contributed by atoms with Gasteiger partial charge >= 0.3 is 0 Å². The Hall–Kier alpha value is -2.75. The largest absolute Gasteiger partial charge is 0.341 e. The molecule has 96 valence electrons. The monoisotopic (exact) mass is 261 g/mol. The van der Waals surface area contributed by atoms with Gasteiger partial charge in [-0.1, -0.05) is 0 Å². The van der Waals surface area contributed by atoms with E-state index in [1.54, 1.807) is 6.07 Å². The van der Waals surface area contributed by atoms with Crippen molar-refractivity contribution in [2.75, 3.05) is 18.0 Å². The molecule has 0 fully saturated rings. The Bertz CT molecular complexity index is 621. The highest BCUT2D eigenvalue weighted by Crippen LogP contribution is 2.29. The molecule has 0 bridgehead atoms. The second-order valence-electron chi connectivity index (χ2n) is 3.82. The third-order valence-electron chi connectivity index (χ3n) is 2.60. The van der Waals surface area contributed by atoms with Gasteiger partial charge < -0.3 is 5.32 Å². The average molecular weight is 261 g/mol. The molecule has 2 rings (SSSR count). The summed E-state index contributed by atoms with van der Waals surface area (Å²) in [4.78, 5) is 35.7. The molecule has 1 aliphatic rings. The van der Waals surface area contributed by atoms with Gasteiger partial charge in [0.05, 0.1) is 17.3 Å². The Morgan fingerprint density at radius 2 is 2.16 bits per heavy atom. The number of amides is 2. The molecule has 0 saturated carbocycles. The number of halogens is 1. The maximum Gasteiger partial charge on any atom is 0.299 e. The Balaban J connectivity index is 2.24. The average Bonchev–Trinajstić information content (AvgIpc) is 2.61. The van der Waals surface area contributed by atoms with Gasteiger partial charge in [0.1, 0.15) is 18.9 Å². The van der Waals surface area contributed by atoms with Gasteiger partial charge in [-0.2, -0.15) is 5.26 Å². The molecule has 6 nitrogen and oxygen atoms in total. The molecule has 7 heteroatoms. The fourth-order valence-electron chi connectivity index (χ4n) is 1.77. The number of fused-ring (bicyclic) bond motifs is 1. The van der Waals surface area contributed by atoms with Crippen LogP contribution < -0.4 is 10.2 Å². The number of carbonyl (C=O) groups excluding carboxylic acids is 3. The molecule has 1 aromatic carbocycles. The summed E-state index contributed by atoms with van der Waals surface area (Å²) in [6.45, 7) is -0.573. The highest BCUT2D eigenvalue weighted by Gasteiger charge is 2.36. The van der Waals surface area contributed by atoms with Crippen LogP contribution in [0.25, 0.3) is 0 Å². The summed E-state index contributed by atoms with van der Waals surface area (Å²) < 4.78 is 13.0. The zero-order valence-corrected chi connectivity index (χ0v) is 9.64. The second-order valence-corrected chi connectivity index (χ2v) is 3.82. The van der Waals surface area contributed by atoms with E-state index < -0.39 is 23.4 Å². The third kappa shape index (κ3) is 2.28. The highest BCUT2D eigenvalue weighted by molar-refractivity contribution is 6.52. The van der Waals surface area contributed by atoms with Gasteiger partial charge in [0, 0.05) is 0 Å². The second kappa shape index (κ2) is 4.86. The van der Waals surface area contributed by atoms with E-state index in [0.717, 1.165) is 17.0 Å². The molecule has 0 saturated heterocycles. The summed E-state index contributed by atoms with van der Waals surface area (Å²) in [5.41, 5.74) is 0.140. The van der Waals surface area contributed by atoms with Crippen molar-refractivity contribution in [3.8, 4) is 6.07 Å². The molecule has 1 aliphatic heterocycles. The van der Waals surface area contributed by atoms with Crippen molar-refractivity contribution in [1.29, 1.82) is 5.26 Å². The summed E-state index contributed by atoms with van der Waals surface area (Å²) in [6.07, 6.45) is 0. The molecule has 0 atom stereocenters. The fraction of sp³-hybridized carbons (Fsp3) is 0.167. The van der Waals surface area contributed by atoms with E-state index in [-0.39, 0.29) is 24.3 Å². The first-order chi connectivity index (χ1) is 9.04. The van der Waals surface area contributed by atoms with Crippen molar-refractivity contribution < 1.29 is 18.8 Å². The van der Waals surface area contributed by atoms with E-state index in [9.17, 15) is 18.8 Å². The van der Waals surface area contributed by atoms with Gasteiger partial charge in [-0.25, -0.2) is 4.39 Å². The maximum atomic E-state index is 13.0. The SMILES string of the molecule is N#CCNC(=O)CN1C(=O)C(=O)c2cc(F)ccc21. The number of rotatable bonds is 3. The number of nitrogens with zero attached hydrogens (tertiary/aromatic N) is 2. The number of Topliss-reactive ketones (excluding diaryl/α,β-unsaturated/α-hetero) is 1. The van der Waals surface area contributed by atoms with Gasteiger partial charge in [0.15, 0.2) is 0 Å². The fourth-order valence-corrected chi connectivity index (χ4v) is 1.77. The zero-order chi connectivity index (χ0) is 14.0. The number of hydrogen-bond donors (Lipinski definition) is 1. The molecule has 1 heterocycles. The Morgan fingerprint density at radius 3 is 2.84 bits per heavy atom. The molecule has 0 aliphatic carbocycles. The Kier molecular flexibility index (Phi) is 3.25. The molecule has 19 heavy (non-hydrogen) atoms. The normalized spacial score (nSPS) is 13.2. The van der Waals surface area contributed by atoms with Crippen LogP contribution in [0.5, 0.6) is 0 Å². The quantitative estimate of drug-likeness (QED) is 0.612. The van der Waals surface area contributed by atoms with Crippen molar-refractivity contribution in [3.63, 3.8) is 0 Å². The van der Waals surface area contributed by atoms with Gasteiger partial charge in [-0.05, 0) is 18.2 Å². The standard InChI is InChI=1S/C12H8FN3O3/c13-7-1-2-9-8(5-7)11(18)12(19)16(9)6-10(17)15-4-3-14/h1-2,5H,4,6H2,(H,15,17). The van der Waals surface area contributed by atoms with Crippen molar-refractivity contribution >= 4 is 23.3 Å². The summed E-state index contributed by atoms with van der Waals surface area (Å²) >= 11 is 0. The first kappa shape index (κ1) is 12.7. The van der Waals surface area contributed by atoms with E-state index in [1.165, 1.54) is 6.07 Å². The van der Waals surface area contributed by atoms with E-state index >= 15 is 0 Å². The van der Waals surface area contributed by atoms with Gasteiger partial charge in [0.25, 0.3) is 11.7 Å². The van der Waals surface area contributed by atoms with Crippen LogP contribution in [0.1, 0.15) is 10.4 Å². The molecular formula is C12H8FN3O3. The van der Waals surface area contributed by atoms with Gasteiger partial charge in [0.2, 0.25) is 5.91 Å². The lowest BCUT2D eigenvalue weighted by molar-refractivity contribution is -0.121. The number of benzene rings is 1. The van der Waals surface area contributed by atoms with E-state index in [0.29, 0.717) is 0 Å². The molecule has 0 spiro atoms. The Morgan fingerprint density at radius 1 is 1.42 bits per heavy atom. The molecule has 2 amide bonds. The van der Waals surface area contributed by atoms with Gasteiger partial charge in [-0.15, -0.1) is 0 Å². The Labute approximate surface area is 107 Å². The molecule has 1 aromatic rings. The lowest BCUT2D eigenvalue weighted by atomic mass is 10.1. The summed E-state index contributed by atoms with van der Waals surface area (Å²) in [7, 11) is 0. The van der Waals surface area contributed by atoms with Crippen LogP contribution in [-0.4, -0.2) is 30.7 Å². The van der Waals surface area contributed by atoms with Crippen LogP contribution in [0.3, 0.4) is 0 Å². The molecule has 0 aromatic heterocycles.